The molecule has 1 aliphatic heterocycles. The van der Waals surface area contributed by atoms with Gasteiger partial charge in [-0.2, -0.15) is 0 Å². The van der Waals surface area contributed by atoms with Crippen LogP contribution in [0.2, 0.25) is 0 Å². The zero-order valence-electron chi connectivity index (χ0n) is 7.32. The van der Waals surface area contributed by atoms with Crippen molar-refractivity contribution in [3.05, 3.63) is 11.6 Å². The third kappa shape index (κ3) is 1.12. The van der Waals surface area contributed by atoms with E-state index in [4.69, 9.17) is 5.73 Å². The fourth-order valence-corrected chi connectivity index (χ4v) is 1.67. The van der Waals surface area contributed by atoms with Crippen LogP contribution in [-0.4, -0.2) is 20.8 Å². The molecule has 4 heteroatoms. The third-order valence-corrected chi connectivity index (χ3v) is 2.38. The van der Waals surface area contributed by atoms with Crippen molar-refractivity contribution < 1.29 is 0 Å². The molecule has 0 saturated heterocycles. The van der Waals surface area contributed by atoms with E-state index >= 15 is 0 Å². The average molecular weight is 166 g/mol. The Bertz CT molecular complexity index is 265. The van der Waals surface area contributed by atoms with Gasteiger partial charge in [0.1, 0.15) is 11.6 Å². The molecule has 0 bridgehead atoms. The molecular weight excluding hydrogens is 152 g/mol. The van der Waals surface area contributed by atoms with E-state index in [0.29, 0.717) is 6.04 Å². The molecule has 1 aromatic rings. The van der Waals surface area contributed by atoms with Crippen molar-refractivity contribution in [3.63, 3.8) is 0 Å². The van der Waals surface area contributed by atoms with Gasteiger partial charge in [0.25, 0.3) is 0 Å². The highest BCUT2D eigenvalue weighted by Crippen LogP contribution is 2.13. The van der Waals surface area contributed by atoms with Gasteiger partial charge < -0.3 is 10.3 Å². The van der Waals surface area contributed by atoms with Crippen LogP contribution in [0, 0.1) is 0 Å². The van der Waals surface area contributed by atoms with Gasteiger partial charge in [0.05, 0.1) is 0 Å². The van der Waals surface area contributed by atoms with Gasteiger partial charge >= 0.3 is 0 Å². The summed E-state index contributed by atoms with van der Waals surface area (Å²) in [5, 5.41) is 8.23. The van der Waals surface area contributed by atoms with Crippen LogP contribution < -0.4 is 5.73 Å². The van der Waals surface area contributed by atoms with Crippen molar-refractivity contribution >= 4 is 0 Å². The van der Waals surface area contributed by atoms with E-state index in [-0.39, 0.29) is 0 Å². The van der Waals surface area contributed by atoms with Gasteiger partial charge in [0.2, 0.25) is 0 Å². The number of nitrogens with zero attached hydrogens (tertiary/aromatic N) is 3. The minimum absolute atomic E-state index is 0.291. The summed E-state index contributed by atoms with van der Waals surface area (Å²) >= 11 is 0. The molecular formula is C8H14N4. The first-order valence-corrected chi connectivity index (χ1v) is 4.47. The summed E-state index contributed by atoms with van der Waals surface area (Å²) in [7, 11) is 0. The van der Waals surface area contributed by atoms with Crippen LogP contribution in [0.4, 0.5) is 0 Å². The van der Waals surface area contributed by atoms with E-state index in [9.17, 15) is 0 Å². The molecule has 66 valence electrons. The van der Waals surface area contributed by atoms with E-state index < -0.39 is 0 Å². The highest BCUT2D eigenvalue weighted by Gasteiger charge is 2.18. The summed E-state index contributed by atoms with van der Waals surface area (Å²) in [6.45, 7) is 2.99. The van der Waals surface area contributed by atoms with Crippen LogP contribution in [0.3, 0.4) is 0 Å². The molecule has 0 aromatic carbocycles. The lowest BCUT2D eigenvalue weighted by Gasteiger charge is -2.20. The maximum absolute atomic E-state index is 5.86. The maximum atomic E-state index is 5.86. The molecule has 12 heavy (non-hydrogen) atoms. The highest BCUT2D eigenvalue weighted by atomic mass is 15.3. The van der Waals surface area contributed by atoms with Crippen LogP contribution in [0.15, 0.2) is 0 Å². The number of hydrogen-bond donors (Lipinski definition) is 1. The Kier molecular flexibility index (Phi) is 1.84. The Hall–Kier alpha value is -0.900. The summed E-state index contributed by atoms with van der Waals surface area (Å²) < 4.78 is 2.16. The van der Waals surface area contributed by atoms with E-state index in [1.165, 1.54) is 0 Å². The molecule has 0 saturated carbocycles. The zero-order chi connectivity index (χ0) is 8.55. The Morgan fingerprint density at radius 1 is 1.58 bits per heavy atom. The number of aryl methyl sites for hydroxylation is 2. The fraction of sp³-hybridized carbons (Fsp3) is 0.750. The first-order chi connectivity index (χ1) is 5.81. The standard InChI is InChI=1S/C8H14N4/c1-2-7-10-11-8-4-3-6(9)5-12(7)8/h6H,2-5,9H2,1H3. The summed E-state index contributed by atoms with van der Waals surface area (Å²) in [5.41, 5.74) is 5.86. The Balaban J connectivity index is 2.34. The molecule has 1 atom stereocenters. The molecule has 0 amide bonds. The van der Waals surface area contributed by atoms with Crippen LogP contribution in [0.1, 0.15) is 25.0 Å². The molecule has 0 spiro atoms. The first kappa shape index (κ1) is 7.73. The number of rotatable bonds is 1. The molecule has 1 aliphatic rings. The van der Waals surface area contributed by atoms with Crippen LogP contribution in [0.25, 0.3) is 0 Å². The Morgan fingerprint density at radius 2 is 2.42 bits per heavy atom. The van der Waals surface area contributed by atoms with Crippen LogP contribution in [0.5, 0.6) is 0 Å². The summed E-state index contributed by atoms with van der Waals surface area (Å²) in [5.74, 6) is 2.17. The quantitative estimate of drug-likeness (QED) is 0.644. The first-order valence-electron chi connectivity index (χ1n) is 4.47. The van der Waals surface area contributed by atoms with E-state index in [1.54, 1.807) is 0 Å². The topological polar surface area (TPSA) is 56.7 Å². The van der Waals surface area contributed by atoms with Crippen molar-refractivity contribution in [3.8, 4) is 0 Å². The van der Waals surface area contributed by atoms with E-state index in [2.05, 4.69) is 21.7 Å². The van der Waals surface area contributed by atoms with Gasteiger partial charge in [0, 0.05) is 25.4 Å². The normalized spacial score (nSPS) is 22.3. The second-order valence-corrected chi connectivity index (χ2v) is 3.30. The molecule has 4 nitrogen and oxygen atoms in total. The number of hydrogen-bond acceptors (Lipinski definition) is 3. The molecule has 1 aromatic heterocycles. The molecule has 1 unspecified atom stereocenters. The third-order valence-electron chi connectivity index (χ3n) is 2.38. The predicted octanol–water partition coefficient (Wildman–Crippen LogP) is 0.114. The Labute approximate surface area is 71.8 Å². The molecule has 2 heterocycles. The second-order valence-electron chi connectivity index (χ2n) is 3.30. The molecule has 0 fully saturated rings. The lowest BCUT2D eigenvalue weighted by atomic mass is 10.1. The maximum Gasteiger partial charge on any atom is 0.133 e. The molecule has 2 rings (SSSR count). The van der Waals surface area contributed by atoms with Gasteiger partial charge in [0.15, 0.2) is 0 Å². The number of fused-ring (bicyclic) bond motifs is 1. The van der Waals surface area contributed by atoms with Gasteiger partial charge in [-0.05, 0) is 6.42 Å². The second kappa shape index (κ2) is 2.86. The minimum atomic E-state index is 0.291. The van der Waals surface area contributed by atoms with Crippen LogP contribution >= 0.6 is 0 Å². The van der Waals surface area contributed by atoms with Gasteiger partial charge in [-0.3, -0.25) is 0 Å². The van der Waals surface area contributed by atoms with Crippen molar-refractivity contribution in [2.75, 3.05) is 0 Å². The van der Waals surface area contributed by atoms with Crippen molar-refractivity contribution in [1.82, 2.24) is 14.8 Å². The average Bonchev–Trinajstić information content (AvgIpc) is 2.46. The number of nitrogens with two attached hydrogens (primary N) is 1. The van der Waals surface area contributed by atoms with Gasteiger partial charge in [-0.25, -0.2) is 0 Å². The van der Waals surface area contributed by atoms with Crippen molar-refractivity contribution in [2.45, 2.75) is 38.8 Å². The van der Waals surface area contributed by atoms with Crippen molar-refractivity contribution in [2.24, 2.45) is 5.73 Å². The monoisotopic (exact) mass is 166 g/mol. The van der Waals surface area contributed by atoms with Gasteiger partial charge in [-0.1, -0.05) is 6.92 Å². The van der Waals surface area contributed by atoms with E-state index in [0.717, 1.165) is 37.5 Å². The van der Waals surface area contributed by atoms with Crippen molar-refractivity contribution in [1.29, 1.82) is 0 Å². The summed E-state index contributed by atoms with van der Waals surface area (Å²) in [6, 6.07) is 0.291. The smallest absolute Gasteiger partial charge is 0.133 e. The lowest BCUT2D eigenvalue weighted by Crippen LogP contribution is -2.32. The number of aromatic nitrogens is 3. The Morgan fingerprint density at radius 3 is 3.17 bits per heavy atom. The molecule has 2 N–H and O–H groups in total. The van der Waals surface area contributed by atoms with Crippen LogP contribution in [-0.2, 0) is 19.4 Å². The highest BCUT2D eigenvalue weighted by molar-refractivity contribution is 5.00. The predicted molar refractivity (Wildman–Crippen MR) is 45.7 cm³/mol. The summed E-state index contributed by atoms with van der Waals surface area (Å²) in [4.78, 5) is 0. The lowest BCUT2D eigenvalue weighted by molar-refractivity contribution is 0.444. The summed E-state index contributed by atoms with van der Waals surface area (Å²) in [6.07, 6.45) is 2.97. The SMILES string of the molecule is CCc1nnc2n1CC(N)CC2. The molecule has 0 aliphatic carbocycles. The molecule has 0 radical (unpaired) electrons. The van der Waals surface area contributed by atoms with Gasteiger partial charge in [-0.15, -0.1) is 10.2 Å². The fourth-order valence-electron chi connectivity index (χ4n) is 1.67. The zero-order valence-corrected chi connectivity index (χ0v) is 7.32. The largest absolute Gasteiger partial charge is 0.326 e. The van der Waals surface area contributed by atoms with E-state index in [1.807, 2.05) is 0 Å². The minimum Gasteiger partial charge on any atom is -0.326 e.